The highest BCUT2D eigenvalue weighted by molar-refractivity contribution is 5.91. The van der Waals surface area contributed by atoms with Gasteiger partial charge in [-0.3, -0.25) is 4.79 Å². The van der Waals surface area contributed by atoms with E-state index in [-0.39, 0.29) is 11.7 Å². The van der Waals surface area contributed by atoms with Crippen LogP contribution in [0.3, 0.4) is 0 Å². The van der Waals surface area contributed by atoms with Crippen molar-refractivity contribution in [3.8, 4) is 0 Å². The maximum absolute atomic E-state index is 13.0. The minimum Gasteiger partial charge on any atom is -0.326 e. The average molecular weight is 223 g/mol. The fourth-order valence-electron chi connectivity index (χ4n) is 1.36. The summed E-state index contributed by atoms with van der Waals surface area (Å²) in [6.07, 6.45) is 1.33. The van der Waals surface area contributed by atoms with Crippen LogP contribution in [0, 0.1) is 18.7 Å². The first-order valence-corrected chi connectivity index (χ1v) is 5.55. The Hall–Kier alpha value is -1.38. The van der Waals surface area contributed by atoms with Gasteiger partial charge in [0.05, 0.1) is 0 Å². The van der Waals surface area contributed by atoms with Gasteiger partial charge in [-0.05, 0) is 37.0 Å². The lowest BCUT2D eigenvalue weighted by atomic mass is 10.1. The fourth-order valence-corrected chi connectivity index (χ4v) is 1.36. The highest BCUT2D eigenvalue weighted by Gasteiger charge is 2.06. The van der Waals surface area contributed by atoms with Gasteiger partial charge in [0.15, 0.2) is 0 Å². The lowest BCUT2D eigenvalue weighted by Crippen LogP contribution is -2.13. The molecular formula is C13H18FNO. The predicted molar refractivity (Wildman–Crippen MR) is 63.8 cm³/mol. The molecule has 0 bridgehead atoms. The van der Waals surface area contributed by atoms with Crippen LogP contribution >= 0.6 is 0 Å². The van der Waals surface area contributed by atoms with Gasteiger partial charge in [-0.2, -0.15) is 0 Å². The third-order valence-corrected chi connectivity index (χ3v) is 2.42. The minimum atomic E-state index is -0.329. The number of hydrogen-bond donors (Lipinski definition) is 1. The number of benzene rings is 1. The van der Waals surface area contributed by atoms with Gasteiger partial charge in [0.25, 0.3) is 0 Å². The van der Waals surface area contributed by atoms with Crippen molar-refractivity contribution < 1.29 is 9.18 Å². The Morgan fingerprint density at radius 2 is 2.12 bits per heavy atom. The SMILES string of the molecule is Cc1ccc(F)cc1NC(=O)CCC(C)C. The summed E-state index contributed by atoms with van der Waals surface area (Å²) in [6.45, 7) is 5.99. The number of anilines is 1. The van der Waals surface area contributed by atoms with E-state index in [1.807, 2.05) is 6.92 Å². The maximum Gasteiger partial charge on any atom is 0.224 e. The smallest absolute Gasteiger partial charge is 0.224 e. The van der Waals surface area contributed by atoms with E-state index in [2.05, 4.69) is 19.2 Å². The van der Waals surface area contributed by atoms with Crippen LogP contribution in [0.15, 0.2) is 18.2 Å². The third-order valence-electron chi connectivity index (χ3n) is 2.42. The molecular weight excluding hydrogens is 205 g/mol. The van der Waals surface area contributed by atoms with Crippen LogP contribution < -0.4 is 5.32 Å². The van der Waals surface area contributed by atoms with Crippen LogP contribution in [-0.2, 0) is 4.79 Å². The van der Waals surface area contributed by atoms with Crippen LogP contribution in [0.2, 0.25) is 0 Å². The zero-order valence-electron chi connectivity index (χ0n) is 10.0. The molecule has 1 aromatic rings. The standard InChI is InChI=1S/C13H18FNO/c1-9(2)4-7-13(16)15-12-8-11(14)6-5-10(12)3/h5-6,8-9H,4,7H2,1-3H3,(H,15,16). The van der Waals surface area contributed by atoms with Gasteiger partial charge in [0, 0.05) is 12.1 Å². The molecule has 0 unspecified atom stereocenters. The molecule has 16 heavy (non-hydrogen) atoms. The summed E-state index contributed by atoms with van der Waals surface area (Å²) in [5.41, 5.74) is 1.44. The molecule has 88 valence electrons. The van der Waals surface area contributed by atoms with Gasteiger partial charge >= 0.3 is 0 Å². The minimum absolute atomic E-state index is 0.0533. The zero-order valence-corrected chi connectivity index (χ0v) is 10.0. The van der Waals surface area contributed by atoms with Crippen LogP contribution in [0.5, 0.6) is 0 Å². The van der Waals surface area contributed by atoms with Gasteiger partial charge < -0.3 is 5.32 Å². The van der Waals surface area contributed by atoms with E-state index >= 15 is 0 Å². The van der Waals surface area contributed by atoms with Crippen molar-refractivity contribution in [3.63, 3.8) is 0 Å². The summed E-state index contributed by atoms with van der Waals surface area (Å²) in [7, 11) is 0. The highest BCUT2D eigenvalue weighted by Crippen LogP contribution is 2.16. The van der Waals surface area contributed by atoms with E-state index < -0.39 is 0 Å². The van der Waals surface area contributed by atoms with Gasteiger partial charge in [0.1, 0.15) is 5.82 Å². The van der Waals surface area contributed by atoms with Crippen LogP contribution in [0.1, 0.15) is 32.3 Å². The molecule has 1 amide bonds. The quantitative estimate of drug-likeness (QED) is 0.831. The number of aryl methyl sites for hydroxylation is 1. The fraction of sp³-hybridized carbons (Fsp3) is 0.462. The van der Waals surface area contributed by atoms with E-state index in [9.17, 15) is 9.18 Å². The van der Waals surface area contributed by atoms with Crippen LogP contribution in [0.25, 0.3) is 0 Å². The Labute approximate surface area is 95.9 Å². The molecule has 0 heterocycles. The molecule has 0 aliphatic carbocycles. The summed E-state index contributed by atoms with van der Waals surface area (Å²) in [5, 5.41) is 2.73. The second-order valence-electron chi connectivity index (χ2n) is 4.44. The number of nitrogens with one attached hydrogen (secondary N) is 1. The van der Waals surface area contributed by atoms with Crippen LogP contribution in [0.4, 0.5) is 10.1 Å². The molecule has 3 heteroatoms. The Kier molecular flexibility index (Phi) is 4.47. The molecule has 0 saturated carbocycles. The highest BCUT2D eigenvalue weighted by atomic mass is 19.1. The van der Waals surface area contributed by atoms with E-state index in [0.717, 1.165) is 12.0 Å². The van der Waals surface area contributed by atoms with Gasteiger partial charge in [-0.25, -0.2) is 4.39 Å². The third kappa shape index (κ3) is 4.01. The van der Waals surface area contributed by atoms with Crippen molar-refractivity contribution in [2.24, 2.45) is 5.92 Å². The van der Waals surface area contributed by atoms with E-state index in [0.29, 0.717) is 18.0 Å². The zero-order chi connectivity index (χ0) is 12.1. The molecule has 0 saturated heterocycles. The average Bonchev–Trinajstić information content (AvgIpc) is 2.20. The maximum atomic E-state index is 13.0. The molecule has 0 radical (unpaired) electrons. The lowest BCUT2D eigenvalue weighted by Gasteiger charge is -2.09. The number of amides is 1. The Morgan fingerprint density at radius 1 is 1.44 bits per heavy atom. The number of halogens is 1. The van der Waals surface area contributed by atoms with Crippen molar-refractivity contribution in [3.05, 3.63) is 29.6 Å². The van der Waals surface area contributed by atoms with Crippen molar-refractivity contribution >= 4 is 11.6 Å². The molecule has 2 nitrogen and oxygen atoms in total. The Balaban J connectivity index is 2.59. The van der Waals surface area contributed by atoms with Crippen LogP contribution in [-0.4, -0.2) is 5.91 Å². The van der Waals surface area contributed by atoms with Crippen molar-refractivity contribution in [2.75, 3.05) is 5.32 Å². The molecule has 1 aromatic carbocycles. The molecule has 0 spiro atoms. The van der Waals surface area contributed by atoms with Gasteiger partial charge in [-0.1, -0.05) is 19.9 Å². The van der Waals surface area contributed by atoms with Crippen molar-refractivity contribution in [1.82, 2.24) is 0 Å². The number of rotatable bonds is 4. The van der Waals surface area contributed by atoms with Crippen molar-refractivity contribution in [1.29, 1.82) is 0 Å². The summed E-state index contributed by atoms with van der Waals surface area (Å²) < 4.78 is 13.0. The van der Waals surface area contributed by atoms with Gasteiger partial charge in [-0.15, -0.1) is 0 Å². The molecule has 0 atom stereocenters. The van der Waals surface area contributed by atoms with E-state index in [1.165, 1.54) is 12.1 Å². The molecule has 0 aliphatic rings. The second kappa shape index (κ2) is 5.64. The normalized spacial score (nSPS) is 10.6. The number of carbonyl (C=O) groups excluding carboxylic acids is 1. The summed E-state index contributed by atoms with van der Waals surface area (Å²) in [4.78, 5) is 11.5. The topological polar surface area (TPSA) is 29.1 Å². The monoisotopic (exact) mass is 223 g/mol. The molecule has 1 rings (SSSR count). The molecule has 0 aromatic heterocycles. The van der Waals surface area contributed by atoms with Crippen molar-refractivity contribution in [2.45, 2.75) is 33.6 Å². The van der Waals surface area contributed by atoms with E-state index in [4.69, 9.17) is 0 Å². The Morgan fingerprint density at radius 3 is 2.75 bits per heavy atom. The predicted octanol–water partition coefficient (Wildman–Crippen LogP) is 3.51. The second-order valence-corrected chi connectivity index (χ2v) is 4.44. The molecule has 1 N–H and O–H groups in total. The van der Waals surface area contributed by atoms with E-state index in [1.54, 1.807) is 6.07 Å². The Bertz CT molecular complexity index is 374. The summed E-state index contributed by atoms with van der Waals surface area (Å²) in [5.74, 6) is 0.117. The van der Waals surface area contributed by atoms with Gasteiger partial charge in [0.2, 0.25) is 5.91 Å². The largest absolute Gasteiger partial charge is 0.326 e. The number of hydrogen-bond acceptors (Lipinski definition) is 1. The lowest BCUT2D eigenvalue weighted by molar-refractivity contribution is -0.116. The summed E-state index contributed by atoms with van der Waals surface area (Å²) >= 11 is 0. The summed E-state index contributed by atoms with van der Waals surface area (Å²) in [6, 6.07) is 4.40. The molecule has 0 fully saturated rings. The first-order valence-electron chi connectivity index (χ1n) is 5.55. The number of carbonyl (C=O) groups is 1. The first-order chi connectivity index (χ1) is 7.49. The molecule has 0 aliphatic heterocycles. The first kappa shape index (κ1) is 12.7.